The normalized spacial score (nSPS) is 45.0. The lowest BCUT2D eigenvalue weighted by Gasteiger charge is -2.69. The molecule has 1 heterocycles. The van der Waals surface area contributed by atoms with Crippen molar-refractivity contribution in [3.8, 4) is 0 Å². The highest BCUT2D eigenvalue weighted by Crippen LogP contribution is 2.73. The van der Waals surface area contributed by atoms with E-state index in [0.717, 1.165) is 32.1 Å². The summed E-state index contributed by atoms with van der Waals surface area (Å²) in [5.74, 6) is 1.45. The number of allylic oxidation sites excluding steroid dienone is 6. The number of carbonyl (C=O) groups excluding carboxylic acids is 1. The summed E-state index contributed by atoms with van der Waals surface area (Å²) in [7, 11) is 0. The number of aliphatic hydroxyl groups excluding tert-OH is 1. The first-order chi connectivity index (χ1) is 15.4. The van der Waals surface area contributed by atoms with Gasteiger partial charge in [0.15, 0.2) is 0 Å². The van der Waals surface area contributed by atoms with Crippen LogP contribution >= 0.6 is 0 Å². The van der Waals surface area contributed by atoms with Gasteiger partial charge in [-0.15, -0.1) is 0 Å². The molecule has 1 aliphatic heterocycles. The van der Waals surface area contributed by atoms with Gasteiger partial charge in [-0.2, -0.15) is 0 Å². The van der Waals surface area contributed by atoms with E-state index in [4.69, 9.17) is 4.74 Å². The molecule has 4 rings (SSSR count). The molecule has 0 amide bonds. The van der Waals surface area contributed by atoms with Gasteiger partial charge < -0.3 is 9.84 Å². The van der Waals surface area contributed by atoms with Crippen LogP contribution in [0.2, 0.25) is 0 Å². The van der Waals surface area contributed by atoms with Crippen molar-refractivity contribution < 1.29 is 14.6 Å². The minimum atomic E-state index is -0.209. The average Bonchev–Trinajstić information content (AvgIpc) is 3.11. The topological polar surface area (TPSA) is 46.5 Å². The van der Waals surface area contributed by atoms with Gasteiger partial charge in [-0.3, -0.25) is 4.79 Å². The number of rotatable bonds is 3. The van der Waals surface area contributed by atoms with E-state index in [1.165, 1.54) is 17.6 Å². The Morgan fingerprint density at radius 3 is 2.36 bits per heavy atom. The number of ether oxygens (including phenoxy) is 1. The second-order valence-corrected chi connectivity index (χ2v) is 13.1. The highest BCUT2D eigenvalue weighted by atomic mass is 16.5. The Balaban J connectivity index is 1.72. The van der Waals surface area contributed by atoms with E-state index in [-0.39, 0.29) is 33.7 Å². The number of carbonyl (C=O) groups is 1. The first-order valence-electron chi connectivity index (χ1n) is 13.2. The van der Waals surface area contributed by atoms with Gasteiger partial charge in [-0.25, -0.2) is 0 Å². The van der Waals surface area contributed by atoms with Crippen LogP contribution in [0.1, 0.15) is 93.4 Å². The van der Waals surface area contributed by atoms with E-state index >= 15 is 0 Å². The fourth-order valence-electron chi connectivity index (χ4n) is 9.01. The third-order valence-electron chi connectivity index (χ3n) is 10.8. The van der Waals surface area contributed by atoms with Crippen LogP contribution in [0.3, 0.4) is 0 Å². The predicted octanol–water partition coefficient (Wildman–Crippen LogP) is 7.02. The van der Waals surface area contributed by atoms with E-state index in [0.29, 0.717) is 30.8 Å². The number of aliphatic hydroxyl groups is 1. The molecule has 1 spiro atoms. The molecule has 0 aromatic rings. The fraction of sp³-hybridized carbons (Fsp3) is 0.767. The SMILES string of the molecule is CC(C)=C/C=C/C(C)=C\[C@H]1CC[C@@H]2[C@@]3(C)CC[C@H](O)C(C)(C)[C@@H]3CC[C@@]2(C)[C@@]12COC(=O)C2. The zero-order valence-corrected chi connectivity index (χ0v) is 22.0. The van der Waals surface area contributed by atoms with Crippen molar-refractivity contribution in [2.45, 2.75) is 99.5 Å². The van der Waals surface area contributed by atoms with Crippen molar-refractivity contribution in [1.29, 1.82) is 0 Å². The molecule has 0 bridgehead atoms. The quantitative estimate of drug-likeness (QED) is 0.368. The zero-order valence-electron chi connectivity index (χ0n) is 22.0. The molecule has 3 nitrogen and oxygen atoms in total. The van der Waals surface area contributed by atoms with Gasteiger partial charge in [0.1, 0.15) is 0 Å². The molecule has 184 valence electrons. The Labute approximate surface area is 201 Å². The lowest BCUT2D eigenvalue weighted by molar-refractivity contribution is -0.222. The maximum atomic E-state index is 12.6. The summed E-state index contributed by atoms with van der Waals surface area (Å²) in [6.07, 6.45) is 15.9. The van der Waals surface area contributed by atoms with Crippen LogP contribution < -0.4 is 0 Å². The second-order valence-electron chi connectivity index (χ2n) is 13.1. The molecule has 1 saturated heterocycles. The molecular weight excluding hydrogens is 408 g/mol. The summed E-state index contributed by atoms with van der Waals surface area (Å²) < 4.78 is 5.78. The Kier molecular flexibility index (Phi) is 6.30. The van der Waals surface area contributed by atoms with Crippen molar-refractivity contribution in [3.05, 3.63) is 35.5 Å². The Hall–Kier alpha value is -1.35. The Bertz CT molecular complexity index is 875. The lowest BCUT2D eigenvalue weighted by atomic mass is 9.35. The van der Waals surface area contributed by atoms with Gasteiger partial charge in [-0.1, -0.05) is 63.1 Å². The maximum absolute atomic E-state index is 12.6. The fourth-order valence-corrected chi connectivity index (χ4v) is 9.01. The molecule has 3 heteroatoms. The van der Waals surface area contributed by atoms with Gasteiger partial charge in [0.25, 0.3) is 0 Å². The first kappa shape index (κ1) is 24.8. The van der Waals surface area contributed by atoms with E-state index in [1.54, 1.807) is 0 Å². The van der Waals surface area contributed by atoms with E-state index in [2.05, 4.69) is 72.8 Å². The molecule has 7 atom stereocenters. The lowest BCUT2D eigenvalue weighted by Crippen LogP contribution is -2.65. The van der Waals surface area contributed by atoms with Crippen LogP contribution in [0.15, 0.2) is 35.5 Å². The van der Waals surface area contributed by atoms with Crippen molar-refractivity contribution in [1.82, 2.24) is 0 Å². The minimum Gasteiger partial charge on any atom is -0.465 e. The summed E-state index contributed by atoms with van der Waals surface area (Å²) in [6, 6.07) is 0. The molecule has 0 unspecified atom stereocenters. The highest BCUT2D eigenvalue weighted by molar-refractivity contribution is 5.73. The molecular formula is C30H46O3. The highest BCUT2D eigenvalue weighted by Gasteiger charge is 2.69. The van der Waals surface area contributed by atoms with Gasteiger partial charge in [0, 0.05) is 5.41 Å². The van der Waals surface area contributed by atoms with Crippen molar-refractivity contribution in [2.24, 2.45) is 39.4 Å². The van der Waals surface area contributed by atoms with Crippen LogP contribution in [0.25, 0.3) is 0 Å². The molecule has 3 saturated carbocycles. The molecule has 0 aromatic carbocycles. The second kappa shape index (κ2) is 8.40. The minimum absolute atomic E-state index is 0.0142. The number of fused-ring (bicyclic) bond motifs is 4. The molecule has 1 N–H and O–H groups in total. The summed E-state index contributed by atoms with van der Waals surface area (Å²) in [4.78, 5) is 12.6. The van der Waals surface area contributed by atoms with Crippen molar-refractivity contribution in [3.63, 3.8) is 0 Å². The van der Waals surface area contributed by atoms with Gasteiger partial charge in [-0.05, 0) is 93.3 Å². The number of esters is 1. The van der Waals surface area contributed by atoms with Crippen LogP contribution in [-0.2, 0) is 9.53 Å². The Morgan fingerprint density at radius 2 is 1.73 bits per heavy atom. The van der Waals surface area contributed by atoms with Crippen molar-refractivity contribution in [2.75, 3.05) is 6.61 Å². The van der Waals surface area contributed by atoms with Gasteiger partial charge in [0.05, 0.1) is 19.1 Å². The van der Waals surface area contributed by atoms with Crippen LogP contribution in [-0.4, -0.2) is 23.8 Å². The molecule has 4 aliphatic rings. The van der Waals surface area contributed by atoms with E-state index in [1.807, 2.05) is 0 Å². The smallest absolute Gasteiger partial charge is 0.306 e. The summed E-state index contributed by atoms with van der Waals surface area (Å²) in [6.45, 7) is 16.6. The number of cyclic esters (lactones) is 1. The largest absolute Gasteiger partial charge is 0.465 e. The summed E-state index contributed by atoms with van der Waals surface area (Å²) in [5.41, 5.74) is 2.69. The van der Waals surface area contributed by atoms with Crippen molar-refractivity contribution >= 4 is 5.97 Å². The maximum Gasteiger partial charge on any atom is 0.306 e. The predicted molar refractivity (Wildman–Crippen MR) is 135 cm³/mol. The van der Waals surface area contributed by atoms with E-state index < -0.39 is 0 Å². The van der Waals surface area contributed by atoms with Crippen LogP contribution in [0.4, 0.5) is 0 Å². The summed E-state index contributed by atoms with van der Waals surface area (Å²) in [5, 5.41) is 10.9. The Morgan fingerprint density at radius 1 is 1.00 bits per heavy atom. The average molecular weight is 455 g/mol. The third-order valence-corrected chi connectivity index (χ3v) is 10.8. The monoisotopic (exact) mass is 454 g/mol. The van der Waals surface area contributed by atoms with E-state index in [9.17, 15) is 9.90 Å². The molecule has 33 heavy (non-hydrogen) atoms. The molecule has 4 fully saturated rings. The van der Waals surface area contributed by atoms with Gasteiger partial charge in [0.2, 0.25) is 0 Å². The standard InChI is InChI=1S/C30H46O3/c1-20(2)9-8-10-21(3)17-22-11-12-24-28(6)15-14-25(31)27(4,5)23(28)13-16-29(24,7)30(22)18-26(32)33-19-30/h8-10,17,22-25,31H,11-16,18-19H2,1-7H3/b10-8+,21-17-/t22-,23+,24-,25+,28+,29-,30+/m1/s1. The van der Waals surface area contributed by atoms with Crippen LogP contribution in [0.5, 0.6) is 0 Å². The zero-order chi connectivity index (χ0) is 24.2. The molecule has 0 aromatic heterocycles. The number of hydrogen-bond donors (Lipinski definition) is 1. The van der Waals surface area contributed by atoms with Gasteiger partial charge >= 0.3 is 5.97 Å². The molecule has 3 aliphatic carbocycles. The van der Waals surface area contributed by atoms with Crippen LogP contribution in [0, 0.1) is 39.4 Å². The molecule has 0 radical (unpaired) electrons. The summed E-state index contributed by atoms with van der Waals surface area (Å²) >= 11 is 0. The third kappa shape index (κ3) is 3.77. The first-order valence-corrected chi connectivity index (χ1v) is 13.2. The number of hydrogen-bond acceptors (Lipinski definition) is 3.